The smallest absolute Gasteiger partial charge is 0.325 e. The Labute approximate surface area is 76.4 Å². The van der Waals surface area contributed by atoms with Crippen molar-refractivity contribution in [2.45, 2.75) is 26.4 Å². The minimum Gasteiger partial charge on any atom is -0.480 e. The van der Waals surface area contributed by atoms with E-state index in [-0.39, 0.29) is 6.54 Å². The summed E-state index contributed by atoms with van der Waals surface area (Å²) in [4.78, 5) is 10.3. The minimum atomic E-state index is -0.890. The molecule has 1 aromatic heterocycles. The molecule has 5 heteroatoms. The summed E-state index contributed by atoms with van der Waals surface area (Å²) in [5, 5.41) is 15.5. The van der Waals surface area contributed by atoms with E-state index in [1.165, 1.54) is 4.68 Å². The van der Waals surface area contributed by atoms with E-state index in [2.05, 4.69) is 10.4 Å². The summed E-state index contributed by atoms with van der Waals surface area (Å²) in [7, 11) is 0. The molecule has 72 valence electrons. The third-order valence-corrected chi connectivity index (χ3v) is 1.39. The molecule has 0 aliphatic rings. The number of aliphatic carboxylic acids is 1. The molecule has 1 heterocycles. The standard InChI is InChI=1S/C8H13N3O2/c1-6(2)10-7-3-9-11(4-7)5-8(12)13/h3-4,6,10H,5H2,1-2H3,(H,12,13). The van der Waals surface area contributed by atoms with Gasteiger partial charge in [0.1, 0.15) is 6.54 Å². The summed E-state index contributed by atoms with van der Waals surface area (Å²) in [6, 6.07) is 0.322. The van der Waals surface area contributed by atoms with Crippen LogP contribution in [0.15, 0.2) is 12.4 Å². The molecule has 0 radical (unpaired) electrons. The molecule has 0 aromatic carbocycles. The van der Waals surface area contributed by atoms with Crippen LogP contribution in [-0.4, -0.2) is 26.9 Å². The number of carbonyl (C=O) groups is 1. The van der Waals surface area contributed by atoms with Crippen molar-refractivity contribution in [3.63, 3.8) is 0 Å². The Hall–Kier alpha value is -1.52. The highest BCUT2D eigenvalue weighted by molar-refractivity contribution is 5.66. The molecule has 0 spiro atoms. The van der Waals surface area contributed by atoms with Gasteiger partial charge < -0.3 is 10.4 Å². The van der Waals surface area contributed by atoms with Gasteiger partial charge >= 0.3 is 5.97 Å². The first-order valence-electron chi connectivity index (χ1n) is 4.08. The lowest BCUT2D eigenvalue weighted by Gasteiger charge is -2.05. The molecular weight excluding hydrogens is 170 g/mol. The van der Waals surface area contributed by atoms with Crippen molar-refractivity contribution in [1.29, 1.82) is 0 Å². The van der Waals surface area contributed by atoms with Gasteiger partial charge in [0.25, 0.3) is 0 Å². The fraction of sp³-hybridized carbons (Fsp3) is 0.500. The van der Waals surface area contributed by atoms with E-state index in [4.69, 9.17) is 5.11 Å². The van der Waals surface area contributed by atoms with Crippen molar-refractivity contribution in [2.75, 3.05) is 5.32 Å². The number of hydrogen-bond donors (Lipinski definition) is 2. The monoisotopic (exact) mass is 183 g/mol. The average molecular weight is 183 g/mol. The van der Waals surface area contributed by atoms with E-state index in [1.54, 1.807) is 12.4 Å². The zero-order valence-electron chi connectivity index (χ0n) is 7.69. The number of carboxylic acid groups (broad SMARTS) is 1. The molecule has 5 nitrogen and oxygen atoms in total. The Morgan fingerprint density at radius 3 is 3.00 bits per heavy atom. The van der Waals surface area contributed by atoms with Crippen LogP contribution in [0, 0.1) is 0 Å². The predicted octanol–water partition coefficient (Wildman–Crippen LogP) is 0.788. The maximum Gasteiger partial charge on any atom is 0.325 e. The van der Waals surface area contributed by atoms with Crippen molar-refractivity contribution < 1.29 is 9.90 Å². The Balaban J connectivity index is 2.58. The molecule has 0 amide bonds. The third kappa shape index (κ3) is 3.14. The van der Waals surface area contributed by atoms with Crippen molar-refractivity contribution in [2.24, 2.45) is 0 Å². The first-order chi connectivity index (χ1) is 6.08. The summed E-state index contributed by atoms with van der Waals surface area (Å²) >= 11 is 0. The van der Waals surface area contributed by atoms with E-state index >= 15 is 0 Å². The van der Waals surface area contributed by atoms with Crippen LogP contribution in [0.1, 0.15) is 13.8 Å². The zero-order valence-corrected chi connectivity index (χ0v) is 7.69. The predicted molar refractivity (Wildman–Crippen MR) is 48.6 cm³/mol. The highest BCUT2D eigenvalue weighted by Gasteiger charge is 2.02. The molecule has 0 fully saturated rings. The fourth-order valence-corrected chi connectivity index (χ4v) is 0.996. The number of rotatable bonds is 4. The van der Waals surface area contributed by atoms with E-state index in [9.17, 15) is 4.79 Å². The maximum absolute atomic E-state index is 10.3. The SMILES string of the molecule is CC(C)Nc1cnn(CC(=O)O)c1. The average Bonchev–Trinajstić information content (AvgIpc) is 2.33. The number of anilines is 1. The molecule has 0 aliphatic heterocycles. The molecular formula is C8H13N3O2. The Bertz CT molecular complexity index is 293. The van der Waals surface area contributed by atoms with Crippen LogP contribution in [0.2, 0.25) is 0 Å². The highest BCUT2D eigenvalue weighted by Crippen LogP contribution is 2.05. The van der Waals surface area contributed by atoms with Gasteiger partial charge in [-0.05, 0) is 13.8 Å². The van der Waals surface area contributed by atoms with Crippen molar-refractivity contribution in [3.8, 4) is 0 Å². The molecule has 1 rings (SSSR count). The number of aromatic nitrogens is 2. The van der Waals surface area contributed by atoms with Gasteiger partial charge in [0.15, 0.2) is 0 Å². The summed E-state index contributed by atoms with van der Waals surface area (Å²) in [5.74, 6) is -0.890. The first-order valence-corrected chi connectivity index (χ1v) is 4.08. The van der Waals surface area contributed by atoms with E-state index in [0.717, 1.165) is 5.69 Å². The van der Waals surface area contributed by atoms with Gasteiger partial charge in [-0.3, -0.25) is 9.48 Å². The number of hydrogen-bond acceptors (Lipinski definition) is 3. The lowest BCUT2D eigenvalue weighted by molar-refractivity contribution is -0.137. The number of nitrogens with zero attached hydrogens (tertiary/aromatic N) is 2. The van der Waals surface area contributed by atoms with Gasteiger partial charge in [-0.25, -0.2) is 0 Å². The molecule has 0 saturated carbocycles. The Kier molecular flexibility index (Phi) is 2.89. The van der Waals surface area contributed by atoms with Crippen LogP contribution in [-0.2, 0) is 11.3 Å². The Morgan fingerprint density at radius 1 is 1.77 bits per heavy atom. The van der Waals surface area contributed by atoms with Gasteiger partial charge in [-0.1, -0.05) is 0 Å². The maximum atomic E-state index is 10.3. The largest absolute Gasteiger partial charge is 0.480 e. The molecule has 13 heavy (non-hydrogen) atoms. The lowest BCUT2D eigenvalue weighted by Crippen LogP contribution is -2.10. The normalized spacial score (nSPS) is 10.4. The zero-order chi connectivity index (χ0) is 9.84. The van der Waals surface area contributed by atoms with Gasteiger partial charge in [0, 0.05) is 12.2 Å². The topological polar surface area (TPSA) is 67.2 Å². The van der Waals surface area contributed by atoms with E-state index in [1.807, 2.05) is 13.8 Å². The van der Waals surface area contributed by atoms with Crippen molar-refractivity contribution in [3.05, 3.63) is 12.4 Å². The molecule has 0 atom stereocenters. The molecule has 2 N–H and O–H groups in total. The quantitative estimate of drug-likeness (QED) is 0.724. The van der Waals surface area contributed by atoms with Crippen LogP contribution in [0.3, 0.4) is 0 Å². The second-order valence-electron chi connectivity index (χ2n) is 3.12. The van der Waals surface area contributed by atoms with Gasteiger partial charge in [0.05, 0.1) is 11.9 Å². The molecule has 1 aromatic rings. The highest BCUT2D eigenvalue weighted by atomic mass is 16.4. The second-order valence-corrected chi connectivity index (χ2v) is 3.12. The summed E-state index contributed by atoms with van der Waals surface area (Å²) in [5.41, 5.74) is 0.844. The van der Waals surface area contributed by atoms with Gasteiger partial charge in [-0.15, -0.1) is 0 Å². The van der Waals surface area contributed by atoms with Crippen LogP contribution in [0.5, 0.6) is 0 Å². The number of carboxylic acids is 1. The first kappa shape index (κ1) is 9.57. The molecule has 0 unspecified atom stereocenters. The van der Waals surface area contributed by atoms with Crippen molar-refractivity contribution in [1.82, 2.24) is 9.78 Å². The van der Waals surface area contributed by atoms with Crippen LogP contribution >= 0.6 is 0 Å². The van der Waals surface area contributed by atoms with Crippen molar-refractivity contribution >= 4 is 11.7 Å². The van der Waals surface area contributed by atoms with Gasteiger partial charge in [0.2, 0.25) is 0 Å². The second kappa shape index (κ2) is 3.93. The third-order valence-electron chi connectivity index (χ3n) is 1.39. The summed E-state index contributed by atoms with van der Waals surface area (Å²) in [6.07, 6.45) is 3.29. The van der Waals surface area contributed by atoms with E-state index in [0.29, 0.717) is 6.04 Å². The van der Waals surface area contributed by atoms with Gasteiger partial charge in [-0.2, -0.15) is 5.10 Å². The van der Waals surface area contributed by atoms with E-state index < -0.39 is 5.97 Å². The fourth-order valence-electron chi connectivity index (χ4n) is 0.996. The minimum absolute atomic E-state index is 0.0974. The van der Waals surface area contributed by atoms with Crippen LogP contribution in [0.4, 0.5) is 5.69 Å². The molecule has 0 saturated heterocycles. The summed E-state index contributed by atoms with van der Waals surface area (Å²) in [6.45, 7) is 3.92. The summed E-state index contributed by atoms with van der Waals surface area (Å²) < 4.78 is 1.38. The lowest BCUT2D eigenvalue weighted by atomic mass is 10.4. The van der Waals surface area contributed by atoms with Crippen LogP contribution in [0.25, 0.3) is 0 Å². The Morgan fingerprint density at radius 2 is 2.46 bits per heavy atom. The molecule has 0 bridgehead atoms. The molecule has 0 aliphatic carbocycles. The van der Waals surface area contributed by atoms with Crippen LogP contribution < -0.4 is 5.32 Å². The number of nitrogens with one attached hydrogen (secondary N) is 1.